The maximum absolute atomic E-state index is 5.75. The minimum absolute atomic E-state index is 0.422. The summed E-state index contributed by atoms with van der Waals surface area (Å²) in [5, 5.41) is 3.58. The molecule has 1 aliphatic carbocycles. The fraction of sp³-hybridized carbons (Fsp3) is 1.00. The SMILES string of the molecule is CC(C)C1CNC2(CC2)CO1. The molecule has 1 saturated heterocycles. The van der Waals surface area contributed by atoms with Crippen molar-refractivity contribution in [2.75, 3.05) is 13.2 Å². The third-order valence-corrected chi connectivity index (χ3v) is 2.85. The molecule has 1 N–H and O–H groups in total. The number of nitrogens with one attached hydrogen (secondary N) is 1. The summed E-state index contributed by atoms with van der Waals surface area (Å²) in [4.78, 5) is 0. The first-order valence-electron chi connectivity index (χ1n) is 4.58. The van der Waals surface area contributed by atoms with Crippen LogP contribution < -0.4 is 5.32 Å². The molecule has 2 nitrogen and oxygen atoms in total. The Morgan fingerprint density at radius 3 is 2.55 bits per heavy atom. The topological polar surface area (TPSA) is 21.3 Å². The molecule has 64 valence electrons. The third-order valence-electron chi connectivity index (χ3n) is 2.85. The number of ether oxygens (including phenoxy) is 1. The van der Waals surface area contributed by atoms with Gasteiger partial charge >= 0.3 is 0 Å². The van der Waals surface area contributed by atoms with Crippen LogP contribution in [0.3, 0.4) is 0 Å². The van der Waals surface area contributed by atoms with Crippen LogP contribution in [0.1, 0.15) is 26.7 Å². The summed E-state index contributed by atoms with van der Waals surface area (Å²) in [6.07, 6.45) is 3.08. The van der Waals surface area contributed by atoms with Crippen LogP contribution in [0.15, 0.2) is 0 Å². The van der Waals surface area contributed by atoms with Gasteiger partial charge in [0, 0.05) is 12.1 Å². The van der Waals surface area contributed by atoms with Gasteiger partial charge in [-0.25, -0.2) is 0 Å². The highest BCUT2D eigenvalue weighted by Crippen LogP contribution is 2.38. The maximum Gasteiger partial charge on any atom is 0.0723 e. The van der Waals surface area contributed by atoms with Crippen molar-refractivity contribution in [2.24, 2.45) is 5.92 Å². The van der Waals surface area contributed by atoms with Gasteiger partial charge in [0.2, 0.25) is 0 Å². The van der Waals surface area contributed by atoms with Crippen LogP contribution in [0.5, 0.6) is 0 Å². The predicted octanol–water partition coefficient (Wildman–Crippen LogP) is 1.16. The van der Waals surface area contributed by atoms with Crippen LogP contribution in [-0.4, -0.2) is 24.8 Å². The molecular formula is C9H17NO. The van der Waals surface area contributed by atoms with E-state index in [-0.39, 0.29) is 0 Å². The molecule has 0 aromatic heterocycles. The van der Waals surface area contributed by atoms with E-state index in [9.17, 15) is 0 Å². The van der Waals surface area contributed by atoms with E-state index in [4.69, 9.17) is 4.74 Å². The van der Waals surface area contributed by atoms with Crippen molar-refractivity contribution in [1.82, 2.24) is 5.32 Å². The molecule has 1 heterocycles. The van der Waals surface area contributed by atoms with Crippen LogP contribution in [0.2, 0.25) is 0 Å². The Morgan fingerprint density at radius 2 is 2.18 bits per heavy atom. The lowest BCUT2D eigenvalue weighted by Gasteiger charge is -2.32. The summed E-state index contributed by atoms with van der Waals surface area (Å²) in [5.74, 6) is 0.651. The minimum atomic E-state index is 0.422. The summed E-state index contributed by atoms with van der Waals surface area (Å²) >= 11 is 0. The Hall–Kier alpha value is -0.0800. The van der Waals surface area contributed by atoms with Crippen LogP contribution in [-0.2, 0) is 4.74 Å². The first-order valence-corrected chi connectivity index (χ1v) is 4.58. The van der Waals surface area contributed by atoms with Crippen molar-refractivity contribution in [3.05, 3.63) is 0 Å². The van der Waals surface area contributed by atoms with Gasteiger partial charge in [-0.05, 0) is 18.8 Å². The molecule has 2 rings (SSSR count). The summed E-state index contributed by atoms with van der Waals surface area (Å²) in [5.41, 5.74) is 0.422. The number of rotatable bonds is 1. The average molecular weight is 155 g/mol. The first-order chi connectivity index (χ1) is 5.22. The quantitative estimate of drug-likeness (QED) is 0.613. The summed E-state index contributed by atoms with van der Waals surface area (Å²) in [6, 6.07) is 0. The standard InChI is InChI=1S/C9H17NO/c1-7(2)8-5-10-9(3-4-9)6-11-8/h7-8,10H,3-6H2,1-2H3. The van der Waals surface area contributed by atoms with E-state index < -0.39 is 0 Å². The highest BCUT2D eigenvalue weighted by molar-refractivity contribution is 5.04. The molecule has 0 amide bonds. The Kier molecular flexibility index (Phi) is 1.69. The molecule has 0 aromatic rings. The Morgan fingerprint density at radius 1 is 1.45 bits per heavy atom. The van der Waals surface area contributed by atoms with Crippen molar-refractivity contribution < 1.29 is 4.74 Å². The number of hydrogen-bond acceptors (Lipinski definition) is 2. The molecular weight excluding hydrogens is 138 g/mol. The van der Waals surface area contributed by atoms with Gasteiger partial charge < -0.3 is 10.1 Å². The summed E-state index contributed by atoms with van der Waals surface area (Å²) < 4.78 is 5.75. The van der Waals surface area contributed by atoms with Crippen molar-refractivity contribution in [1.29, 1.82) is 0 Å². The average Bonchev–Trinajstić information content (AvgIpc) is 2.70. The molecule has 1 atom stereocenters. The summed E-state index contributed by atoms with van der Waals surface area (Å²) in [7, 11) is 0. The van der Waals surface area contributed by atoms with Gasteiger partial charge in [0.05, 0.1) is 12.7 Å². The Balaban J connectivity index is 1.84. The zero-order chi connectivity index (χ0) is 7.90. The van der Waals surface area contributed by atoms with E-state index in [1.54, 1.807) is 0 Å². The maximum atomic E-state index is 5.75. The Bertz CT molecular complexity index is 142. The lowest BCUT2D eigenvalue weighted by molar-refractivity contribution is -0.0272. The molecule has 0 bridgehead atoms. The molecule has 2 aliphatic rings. The second kappa shape index (κ2) is 2.46. The largest absolute Gasteiger partial charge is 0.375 e. The van der Waals surface area contributed by atoms with Gasteiger partial charge in [0.1, 0.15) is 0 Å². The predicted molar refractivity (Wildman–Crippen MR) is 44.5 cm³/mol. The normalized spacial score (nSPS) is 34.6. The highest BCUT2D eigenvalue weighted by Gasteiger charge is 2.46. The molecule has 1 unspecified atom stereocenters. The molecule has 2 heteroatoms. The molecule has 1 saturated carbocycles. The van der Waals surface area contributed by atoms with Gasteiger partial charge in [0.15, 0.2) is 0 Å². The van der Waals surface area contributed by atoms with Crippen LogP contribution in [0.25, 0.3) is 0 Å². The third kappa shape index (κ3) is 1.42. The zero-order valence-electron chi connectivity index (χ0n) is 7.39. The second-order valence-corrected chi connectivity index (χ2v) is 4.25. The van der Waals surface area contributed by atoms with E-state index in [0.29, 0.717) is 17.6 Å². The van der Waals surface area contributed by atoms with Gasteiger partial charge in [-0.15, -0.1) is 0 Å². The number of morpholine rings is 1. The first kappa shape index (κ1) is 7.56. The van der Waals surface area contributed by atoms with Crippen molar-refractivity contribution >= 4 is 0 Å². The van der Waals surface area contributed by atoms with Crippen molar-refractivity contribution in [2.45, 2.75) is 38.3 Å². The van der Waals surface area contributed by atoms with E-state index in [1.807, 2.05) is 0 Å². The lowest BCUT2D eigenvalue weighted by atomic mass is 10.1. The molecule has 0 radical (unpaired) electrons. The van der Waals surface area contributed by atoms with Crippen LogP contribution in [0, 0.1) is 5.92 Å². The lowest BCUT2D eigenvalue weighted by Crippen LogP contribution is -2.49. The zero-order valence-corrected chi connectivity index (χ0v) is 7.39. The second-order valence-electron chi connectivity index (χ2n) is 4.25. The van der Waals surface area contributed by atoms with E-state index >= 15 is 0 Å². The van der Waals surface area contributed by atoms with Crippen LogP contribution in [0.4, 0.5) is 0 Å². The number of hydrogen-bond donors (Lipinski definition) is 1. The van der Waals surface area contributed by atoms with Crippen molar-refractivity contribution in [3.63, 3.8) is 0 Å². The molecule has 2 fully saturated rings. The molecule has 1 aliphatic heterocycles. The van der Waals surface area contributed by atoms with E-state index in [2.05, 4.69) is 19.2 Å². The Labute approximate surface area is 68.3 Å². The fourth-order valence-electron chi connectivity index (χ4n) is 1.59. The van der Waals surface area contributed by atoms with Crippen LogP contribution >= 0.6 is 0 Å². The summed E-state index contributed by atoms with van der Waals surface area (Å²) in [6.45, 7) is 6.43. The monoisotopic (exact) mass is 155 g/mol. The van der Waals surface area contributed by atoms with Crippen molar-refractivity contribution in [3.8, 4) is 0 Å². The fourth-order valence-corrected chi connectivity index (χ4v) is 1.59. The highest BCUT2D eigenvalue weighted by atomic mass is 16.5. The molecule has 0 aromatic carbocycles. The van der Waals surface area contributed by atoms with Gasteiger partial charge in [-0.3, -0.25) is 0 Å². The van der Waals surface area contributed by atoms with E-state index in [1.165, 1.54) is 12.8 Å². The molecule has 11 heavy (non-hydrogen) atoms. The van der Waals surface area contributed by atoms with E-state index in [0.717, 1.165) is 13.2 Å². The van der Waals surface area contributed by atoms with Gasteiger partial charge in [-0.2, -0.15) is 0 Å². The minimum Gasteiger partial charge on any atom is -0.375 e. The molecule has 1 spiro atoms. The van der Waals surface area contributed by atoms with Gasteiger partial charge in [0.25, 0.3) is 0 Å². The smallest absolute Gasteiger partial charge is 0.0723 e. The van der Waals surface area contributed by atoms with Gasteiger partial charge in [-0.1, -0.05) is 13.8 Å².